The minimum absolute atomic E-state index is 0.0563. The Kier molecular flexibility index (Phi) is 3.20. The molecule has 0 bridgehead atoms. The predicted molar refractivity (Wildman–Crippen MR) is 65.2 cm³/mol. The molecule has 0 aliphatic carbocycles. The van der Waals surface area contributed by atoms with Crippen molar-refractivity contribution in [2.45, 2.75) is 0 Å². The van der Waals surface area contributed by atoms with Crippen molar-refractivity contribution in [3.8, 4) is 12.1 Å². The van der Waals surface area contributed by atoms with Crippen molar-refractivity contribution in [2.24, 2.45) is 0 Å². The molecular weight excluding hydrogens is 232 g/mol. The van der Waals surface area contributed by atoms with Crippen LogP contribution in [0.5, 0.6) is 6.01 Å². The minimum atomic E-state index is 0.0563. The van der Waals surface area contributed by atoms with Crippen LogP contribution in [-0.2, 0) is 0 Å². The molecule has 0 unspecified atom stereocenters. The predicted octanol–water partition coefficient (Wildman–Crippen LogP) is 1.08. The highest BCUT2D eigenvalue weighted by Crippen LogP contribution is 2.16. The first-order chi connectivity index (χ1) is 8.71. The van der Waals surface area contributed by atoms with Crippen LogP contribution in [0.1, 0.15) is 5.56 Å². The van der Waals surface area contributed by atoms with Gasteiger partial charge in [0.1, 0.15) is 0 Å². The van der Waals surface area contributed by atoms with Gasteiger partial charge >= 0.3 is 6.01 Å². The van der Waals surface area contributed by atoms with Crippen molar-refractivity contribution in [2.75, 3.05) is 18.2 Å². The summed E-state index contributed by atoms with van der Waals surface area (Å²) in [6.07, 6.45) is 0. The third-order valence-corrected chi connectivity index (χ3v) is 2.06. The van der Waals surface area contributed by atoms with Gasteiger partial charge in [0.25, 0.3) is 0 Å². The van der Waals surface area contributed by atoms with E-state index in [2.05, 4.69) is 20.3 Å². The number of hydrogen-bond donors (Lipinski definition) is 2. The smallest absolute Gasteiger partial charge is 0.322 e. The molecule has 2 aromatic rings. The molecule has 1 aromatic carbocycles. The average molecular weight is 242 g/mol. The van der Waals surface area contributed by atoms with E-state index in [1.54, 1.807) is 24.3 Å². The monoisotopic (exact) mass is 242 g/mol. The molecule has 1 heterocycles. The van der Waals surface area contributed by atoms with E-state index in [0.717, 1.165) is 0 Å². The Labute approximate surface area is 103 Å². The second-order valence-electron chi connectivity index (χ2n) is 3.32. The van der Waals surface area contributed by atoms with Gasteiger partial charge in [0.05, 0.1) is 18.7 Å². The van der Waals surface area contributed by atoms with E-state index in [9.17, 15) is 0 Å². The fraction of sp³-hybridized carbons (Fsp3) is 0.0909. The van der Waals surface area contributed by atoms with Crippen molar-refractivity contribution in [3.05, 3.63) is 29.8 Å². The summed E-state index contributed by atoms with van der Waals surface area (Å²) < 4.78 is 4.88. The Hall–Kier alpha value is -2.88. The minimum Gasteiger partial charge on any atom is -0.467 e. The van der Waals surface area contributed by atoms with E-state index in [1.165, 1.54) is 7.11 Å². The molecule has 0 fully saturated rings. The van der Waals surface area contributed by atoms with Gasteiger partial charge < -0.3 is 15.8 Å². The Balaban J connectivity index is 2.28. The Morgan fingerprint density at radius 1 is 1.33 bits per heavy atom. The van der Waals surface area contributed by atoms with Gasteiger partial charge in [0.2, 0.25) is 11.9 Å². The van der Waals surface area contributed by atoms with Crippen LogP contribution in [-0.4, -0.2) is 22.1 Å². The molecule has 0 spiro atoms. The largest absolute Gasteiger partial charge is 0.467 e. The number of nitrogens with one attached hydrogen (secondary N) is 1. The number of nitriles is 1. The second-order valence-corrected chi connectivity index (χ2v) is 3.32. The van der Waals surface area contributed by atoms with Crippen LogP contribution in [0, 0.1) is 11.3 Å². The van der Waals surface area contributed by atoms with Gasteiger partial charge in [0, 0.05) is 5.69 Å². The third kappa shape index (κ3) is 2.62. The zero-order valence-electron chi connectivity index (χ0n) is 9.58. The van der Waals surface area contributed by atoms with Crippen LogP contribution in [0.15, 0.2) is 24.3 Å². The van der Waals surface area contributed by atoms with Crippen LogP contribution >= 0.6 is 0 Å². The maximum Gasteiger partial charge on any atom is 0.322 e. The molecular formula is C11H10N6O. The Bertz CT molecular complexity index is 607. The van der Waals surface area contributed by atoms with Gasteiger partial charge in [-0.15, -0.1) is 0 Å². The number of nitrogens with two attached hydrogens (primary N) is 1. The number of ether oxygens (including phenoxy) is 1. The van der Waals surface area contributed by atoms with Crippen LogP contribution < -0.4 is 15.8 Å². The SMILES string of the molecule is COc1nc(N)nc(Nc2cccc(C#N)c2)n1. The lowest BCUT2D eigenvalue weighted by molar-refractivity contribution is 0.380. The van der Waals surface area contributed by atoms with Gasteiger partial charge in [0.15, 0.2) is 0 Å². The highest BCUT2D eigenvalue weighted by Gasteiger charge is 2.04. The summed E-state index contributed by atoms with van der Waals surface area (Å²) in [7, 11) is 1.44. The van der Waals surface area contributed by atoms with E-state index >= 15 is 0 Å². The first kappa shape index (κ1) is 11.6. The van der Waals surface area contributed by atoms with Crippen LogP contribution in [0.25, 0.3) is 0 Å². The molecule has 2 rings (SSSR count). The van der Waals surface area contributed by atoms with Crippen LogP contribution in [0.4, 0.5) is 17.6 Å². The first-order valence-corrected chi connectivity index (χ1v) is 5.04. The topological polar surface area (TPSA) is 110 Å². The summed E-state index contributed by atoms with van der Waals surface area (Å²) in [6.45, 7) is 0. The quantitative estimate of drug-likeness (QED) is 0.828. The normalized spacial score (nSPS) is 9.56. The highest BCUT2D eigenvalue weighted by atomic mass is 16.5. The fourth-order valence-corrected chi connectivity index (χ4v) is 1.31. The third-order valence-electron chi connectivity index (χ3n) is 2.06. The molecule has 7 nitrogen and oxygen atoms in total. The molecule has 3 N–H and O–H groups in total. The number of methoxy groups -OCH3 is 1. The summed E-state index contributed by atoms with van der Waals surface area (Å²) in [5.74, 6) is 0.315. The average Bonchev–Trinajstić information content (AvgIpc) is 2.38. The zero-order valence-corrected chi connectivity index (χ0v) is 9.58. The maximum absolute atomic E-state index is 8.80. The first-order valence-electron chi connectivity index (χ1n) is 5.04. The van der Waals surface area contributed by atoms with Gasteiger partial charge in [-0.3, -0.25) is 0 Å². The number of anilines is 3. The van der Waals surface area contributed by atoms with Crippen molar-refractivity contribution >= 4 is 17.6 Å². The molecule has 7 heteroatoms. The number of aromatic nitrogens is 3. The lowest BCUT2D eigenvalue weighted by Gasteiger charge is -2.06. The van der Waals surface area contributed by atoms with E-state index in [0.29, 0.717) is 11.3 Å². The van der Waals surface area contributed by atoms with Crippen molar-refractivity contribution in [1.82, 2.24) is 15.0 Å². The molecule has 18 heavy (non-hydrogen) atoms. The van der Waals surface area contributed by atoms with Crippen molar-refractivity contribution in [3.63, 3.8) is 0 Å². The van der Waals surface area contributed by atoms with Gasteiger partial charge in [-0.05, 0) is 18.2 Å². The Morgan fingerprint density at radius 2 is 2.17 bits per heavy atom. The molecule has 0 aliphatic heterocycles. The van der Waals surface area contributed by atoms with Gasteiger partial charge in [-0.1, -0.05) is 6.07 Å². The molecule has 0 saturated heterocycles. The summed E-state index contributed by atoms with van der Waals surface area (Å²) >= 11 is 0. The zero-order chi connectivity index (χ0) is 13.0. The lowest BCUT2D eigenvalue weighted by atomic mass is 10.2. The maximum atomic E-state index is 8.80. The molecule has 0 radical (unpaired) electrons. The van der Waals surface area contributed by atoms with Crippen LogP contribution in [0.3, 0.4) is 0 Å². The molecule has 0 saturated carbocycles. The number of hydrogen-bond acceptors (Lipinski definition) is 7. The lowest BCUT2D eigenvalue weighted by Crippen LogP contribution is -2.05. The van der Waals surface area contributed by atoms with E-state index in [1.807, 2.05) is 6.07 Å². The fourth-order valence-electron chi connectivity index (χ4n) is 1.31. The standard InChI is InChI=1S/C11H10N6O/c1-18-11-16-9(13)15-10(17-11)14-8-4-2-3-7(5-8)6-12/h2-5H,1H3,(H3,13,14,15,16,17). The van der Waals surface area contributed by atoms with Crippen molar-refractivity contribution < 1.29 is 4.74 Å². The molecule has 90 valence electrons. The molecule has 0 amide bonds. The van der Waals surface area contributed by atoms with E-state index < -0.39 is 0 Å². The Morgan fingerprint density at radius 3 is 2.89 bits per heavy atom. The summed E-state index contributed by atoms with van der Waals surface area (Å²) in [5.41, 5.74) is 6.73. The van der Waals surface area contributed by atoms with Crippen molar-refractivity contribution in [1.29, 1.82) is 5.26 Å². The van der Waals surface area contributed by atoms with Crippen LogP contribution in [0.2, 0.25) is 0 Å². The summed E-state index contributed by atoms with van der Waals surface area (Å²) in [4.78, 5) is 11.7. The van der Waals surface area contributed by atoms with E-state index in [-0.39, 0.29) is 17.9 Å². The molecule has 1 aromatic heterocycles. The second kappa shape index (κ2) is 4.97. The summed E-state index contributed by atoms with van der Waals surface area (Å²) in [6, 6.07) is 9.08. The summed E-state index contributed by atoms with van der Waals surface area (Å²) in [5, 5.41) is 11.7. The molecule has 0 aliphatic rings. The number of nitrogens with zero attached hydrogens (tertiary/aromatic N) is 4. The molecule has 0 atom stereocenters. The van der Waals surface area contributed by atoms with Gasteiger partial charge in [-0.2, -0.15) is 20.2 Å². The van der Waals surface area contributed by atoms with Gasteiger partial charge in [-0.25, -0.2) is 0 Å². The van der Waals surface area contributed by atoms with E-state index in [4.69, 9.17) is 15.7 Å². The highest BCUT2D eigenvalue weighted by molar-refractivity contribution is 5.56. The number of benzene rings is 1. The number of rotatable bonds is 3. The number of nitrogen functional groups attached to an aromatic ring is 1.